The van der Waals surface area contributed by atoms with Crippen LogP contribution in [0.5, 0.6) is 5.75 Å². The standard InChI is InChI=1S/C21H25NO6/c1-21(2,3)28-20(24)22-9-7-15-11-16(27-13-14-8-10-26-12-14)5-6-17(15)18(22)19(23)25-4/h5-6,8,10-12,18H,7,9,13H2,1-4H3/t18-/m1/s1. The van der Waals surface area contributed by atoms with E-state index in [1.807, 2.05) is 12.1 Å². The Morgan fingerprint density at radius 2 is 2.04 bits per heavy atom. The van der Waals surface area contributed by atoms with Crippen molar-refractivity contribution < 1.29 is 28.2 Å². The quantitative estimate of drug-likeness (QED) is 0.741. The van der Waals surface area contributed by atoms with E-state index in [-0.39, 0.29) is 0 Å². The van der Waals surface area contributed by atoms with Crippen LogP contribution < -0.4 is 4.74 Å². The number of nitrogens with zero attached hydrogens (tertiary/aromatic N) is 1. The molecule has 3 rings (SSSR count). The van der Waals surface area contributed by atoms with Crippen LogP contribution in [0, 0.1) is 0 Å². The van der Waals surface area contributed by atoms with Crippen LogP contribution in [-0.2, 0) is 27.3 Å². The number of esters is 1. The molecule has 0 unspecified atom stereocenters. The summed E-state index contributed by atoms with van der Waals surface area (Å²) in [5.41, 5.74) is 1.95. The molecular formula is C21H25NO6. The molecule has 1 atom stereocenters. The van der Waals surface area contributed by atoms with Gasteiger partial charge in [-0.25, -0.2) is 9.59 Å². The fourth-order valence-corrected chi connectivity index (χ4v) is 3.12. The summed E-state index contributed by atoms with van der Waals surface area (Å²) < 4.78 is 21.3. The highest BCUT2D eigenvalue weighted by Crippen LogP contribution is 2.34. The fourth-order valence-electron chi connectivity index (χ4n) is 3.12. The van der Waals surface area contributed by atoms with Crippen LogP contribution in [0.2, 0.25) is 0 Å². The van der Waals surface area contributed by atoms with Gasteiger partial charge in [-0.3, -0.25) is 4.90 Å². The van der Waals surface area contributed by atoms with E-state index < -0.39 is 23.7 Å². The molecule has 1 aromatic heterocycles. The van der Waals surface area contributed by atoms with Crippen molar-refractivity contribution in [2.75, 3.05) is 13.7 Å². The number of hydrogen-bond acceptors (Lipinski definition) is 6. The molecule has 0 aliphatic carbocycles. The smallest absolute Gasteiger partial charge is 0.411 e. The molecule has 1 amide bonds. The summed E-state index contributed by atoms with van der Waals surface area (Å²) in [6, 6.07) is 6.49. The van der Waals surface area contributed by atoms with Crippen molar-refractivity contribution in [2.45, 2.75) is 45.4 Å². The van der Waals surface area contributed by atoms with Crippen molar-refractivity contribution in [2.24, 2.45) is 0 Å². The molecule has 1 aliphatic rings. The Hall–Kier alpha value is -2.96. The number of hydrogen-bond donors (Lipinski definition) is 0. The lowest BCUT2D eigenvalue weighted by Crippen LogP contribution is -2.46. The fraction of sp³-hybridized carbons (Fsp3) is 0.429. The molecule has 0 saturated heterocycles. The van der Waals surface area contributed by atoms with Gasteiger partial charge < -0.3 is 18.6 Å². The van der Waals surface area contributed by atoms with Crippen LogP contribution in [0.1, 0.15) is 43.5 Å². The summed E-state index contributed by atoms with van der Waals surface area (Å²) in [5.74, 6) is 0.188. The highest BCUT2D eigenvalue weighted by atomic mass is 16.6. The summed E-state index contributed by atoms with van der Waals surface area (Å²) >= 11 is 0. The second-order valence-electron chi connectivity index (χ2n) is 7.63. The van der Waals surface area contributed by atoms with Gasteiger partial charge in [-0.05, 0) is 56.5 Å². The lowest BCUT2D eigenvalue weighted by molar-refractivity contribution is -0.147. The molecule has 0 spiro atoms. The zero-order valence-corrected chi connectivity index (χ0v) is 16.6. The van der Waals surface area contributed by atoms with E-state index in [4.69, 9.17) is 18.6 Å². The highest BCUT2D eigenvalue weighted by Gasteiger charge is 2.39. The third-order valence-corrected chi connectivity index (χ3v) is 4.38. The molecular weight excluding hydrogens is 362 g/mol. The molecule has 0 fully saturated rings. The topological polar surface area (TPSA) is 78.2 Å². The number of rotatable bonds is 4. The number of ether oxygens (including phenoxy) is 3. The average Bonchev–Trinajstić information content (AvgIpc) is 3.16. The molecule has 150 valence electrons. The number of amides is 1. The predicted molar refractivity (Wildman–Crippen MR) is 101 cm³/mol. The van der Waals surface area contributed by atoms with Crippen LogP contribution in [0.3, 0.4) is 0 Å². The van der Waals surface area contributed by atoms with Gasteiger partial charge in [-0.15, -0.1) is 0 Å². The lowest BCUT2D eigenvalue weighted by atomic mass is 9.92. The Kier molecular flexibility index (Phi) is 5.63. The Balaban J connectivity index is 1.82. The van der Waals surface area contributed by atoms with E-state index in [1.165, 1.54) is 12.0 Å². The monoisotopic (exact) mass is 387 g/mol. The van der Waals surface area contributed by atoms with Crippen LogP contribution >= 0.6 is 0 Å². The van der Waals surface area contributed by atoms with Gasteiger partial charge in [0, 0.05) is 12.1 Å². The summed E-state index contributed by atoms with van der Waals surface area (Å²) in [5, 5.41) is 0. The number of carbonyl (C=O) groups is 2. The summed E-state index contributed by atoms with van der Waals surface area (Å²) in [6.45, 7) is 6.12. The first kappa shape index (κ1) is 19.8. The van der Waals surface area contributed by atoms with Crippen LogP contribution in [-0.4, -0.2) is 36.2 Å². The van der Waals surface area contributed by atoms with Gasteiger partial charge in [0.1, 0.15) is 18.0 Å². The Labute approximate surface area is 164 Å². The summed E-state index contributed by atoms with van der Waals surface area (Å²) in [6.07, 6.45) is 3.28. The third kappa shape index (κ3) is 4.47. The molecule has 7 heteroatoms. The van der Waals surface area contributed by atoms with Gasteiger partial charge in [0.05, 0.1) is 19.6 Å². The lowest BCUT2D eigenvalue weighted by Gasteiger charge is -2.36. The maximum atomic E-state index is 12.6. The molecule has 1 aliphatic heterocycles. The van der Waals surface area contributed by atoms with E-state index in [1.54, 1.807) is 45.4 Å². The first-order chi connectivity index (χ1) is 13.3. The van der Waals surface area contributed by atoms with E-state index in [0.717, 1.165) is 16.7 Å². The number of furan rings is 1. The largest absolute Gasteiger partial charge is 0.489 e. The van der Waals surface area contributed by atoms with Crippen LogP contribution in [0.25, 0.3) is 0 Å². The van der Waals surface area contributed by atoms with Crippen molar-refractivity contribution in [1.29, 1.82) is 0 Å². The van der Waals surface area contributed by atoms with Gasteiger partial charge in [0.25, 0.3) is 0 Å². The van der Waals surface area contributed by atoms with Crippen molar-refractivity contribution >= 4 is 12.1 Å². The molecule has 0 saturated carbocycles. The summed E-state index contributed by atoms with van der Waals surface area (Å²) in [4.78, 5) is 26.5. The van der Waals surface area contributed by atoms with Gasteiger partial charge in [0.2, 0.25) is 0 Å². The maximum Gasteiger partial charge on any atom is 0.411 e. The molecule has 1 aromatic carbocycles. The Bertz CT molecular complexity index is 837. The number of methoxy groups -OCH3 is 1. The predicted octanol–water partition coefficient (Wildman–Crippen LogP) is 3.87. The molecule has 0 bridgehead atoms. The molecule has 28 heavy (non-hydrogen) atoms. The Morgan fingerprint density at radius 1 is 1.25 bits per heavy atom. The molecule has 2 aromatic rings. The number of carbonyl (C=O) groups excluding carboxylic acids is 2. The van der Waals surface area contributed by atoms with Crippen molar-refractivity contribution in [1.82, 2.24) is 4.90 Å². The summed E-state index contributed by atoms with van der Waals surface area (Å²) in [7, 11) is 1.31. The minimum Gasteiger partial charge on any atom is -0.489 e. The van der Waals surface area contributed by atoms with Gasteiger partial charge >= 0.3 is 12.1 Å². The van der Waals surface area contributed by atoms with E-state index in [2.05, 4.69) is 0 Å². The average molecular weight is 387 g/mol. The second kappa shape index (κ2) is 7.96. The molecule has 7 nitrogen and oxygen atoms in total. The van der Waals surface area contributed by atoms with E-state index >= 15 is 0 Å². The van der Waals surface area contributed by atoms with Crippen molar-refractivity contribution in [3.8, 4) is 5.75 Å². The second-order valence-corrected chi connectivity index (χ2v) is 7.63. The molecule has 0 radical (unpaired) electrons. The van der Waals surface area contributed by atoms with Crippen molar-refractivity contribution in [3.63, 3.8) is 0 Å². The highest BCUT2D eigenvalue weighted by molar-refractivity contribution is 5.84. The normalized spacial score (nSPS) is 16.3. The van der Waals surface area contributed by atoms with Gasteiger partial charge in [-0.1, -0.05) is 6.07 Å². The molecule has 2 heterocycles. The minimum absolute atomic E-state index is 0.354. The zero-order valence-electron chi connectivity index (χ0n) is 16.6. The van der Waals surface area contributed by atoms with E-state index in [9.17, 15) is 9.59 Å². The minimum atomic E-state index is -0.841. The van der Waals surface area contributed by atoms with Crippen LogP contribution in [0.4, 0.5) is 4.79 Å². The number of benzene rings is 1. The maximum absolute atomic E-state index is 12.6. The van der Waals surface area contributed by atoms with Gasteiger partial charge in [0.15, 0.2) is 6.04 Å². The number of fused-ring (bicyclic) bond motifs is 1. The Morgan fingerprint density at radius 3 is 2.68 bits per heavy atom. The van der Waals surface area contributed by atoms with E-state index in [0.29, 0.717) is 25.3 Å². The SMILES string of the molecule is COC(=O)[C@H]1c2ccc(OCc3ccoc3)cc2CCN1C(=O)OC(C)(C)C. The van der Waals surface area contributed by atoms with Crippen LogP contribution in [0.15, 0.2) is 41.2 Å². The first-order valence-electron chi connectivity index (χ1n) is 9.12. The first-order valence-corrected chi connectivity index (χ1v) is 9.12. The third-order valence-electron chi connectivity index (χ3n) is 4.38. The molecule has 0 N–H and O–H groups in total. The zero-order chi connectivity index (χ0) is 20.3. The van der Waals surface area contributed by atoms with Crippen molar-refractivity contribution in [3.05, 3.63) is 53.5 Å². The van der Waals surface area contributed by atoms with Gasteiger partial charge in [-0.2, -0.15) is 0 Å².